The molecule has 0 saturated carbocycles. The van der Waals surface area contributed by atoms with E-state index in [1.807, 2.05) is 0 Å². The maximum absolute atomic E-state index is 14.0. The van der Waals surface area contributed by atoms with Gasteiger partial charge in [0.2, 0.25) is 11.6 Å². The van der Waals surface area contributed by atoms with Crippen LogP contribution in [0.2, 0.25) is 0 Å². The number of para-hydroxylation sites is 1. The molecule has 0 fully saturated rings. The summed E-state index contributed by atoms with van der Waals surface area (Å²) in [5.41, 5.74) is -2.81. The van der Waals surface area contributed by atoms with Gasteiger partial charge in [-0.05, 0) is 12.1 Å². The summed E-state index contributed by atoms with van der Waals surface area (Å²) in [5.74, 6) is -8.08. The van der Waals surface area contributed by atoms with Gasteiger partial charge in [0.15, 0.2) is 11.6 Å². The van der Waals surface area contributed by atoms with Crippen LogP contribution in [0, 0.1) is 33.4 Å². The number of nitrogens with zero attached hydrogens (tertiary/aromatic N) is 4. The molecule has 0 spiro atoms. The quantitative estimate of drug-likeness (QED) is 0.316. The zero-order valence-electron chi connectivity index (χ0n) is 10.4. The molecule has 0 aliphatic heterocycles. The third-order valence-corrected chi connectivity index (χ3v) is 2.96. The summed E-state index contributed by atoms with van der Waals surface area (Å²) in [6.45, 7) is 0. The van der Waals surface area contributed by atoms with Crippen LogP contribution in [0.15, 0.2) is 24.3 Å². The van der Waals surface area contributed by atoms with Gasteiger partial charge in [0.1, 0.15) is 11.2 Å². The van der Waals surface area contributed by atoms with Crippen molar-refractivity contribution >= 4 is 16.7 Å². The Kier molecular flexibility index (Phi) is 3.01. The first-order valence-corrected chi connectivity index (χ1v) is 5.74. The van der Waals surface area contributed by atoms with E-state index in [1.165, 1.54) is 18.2 Å². The van der Waals surface area contributed by atoms with Crippen LogP contribution in [-0.2, 0) is 0 Å². The first kappa shape index (κ1) is 13.9. The van der Waals surface area contributed by atoms with E-state index in [0.29, 0.717) is 4.68 Å². The average Bonchev–Trinajstić information content (AvgIpc) is 2.89. The number of nitro groups is 1. The Hall–Kier alpha value is -3.04. The summed E-state index contributed by atoms with van der Waals surface area (Å²) in [5, 5.41) is 17.5. The lowest BCUT2D eigenvalue weighted by Gasteiger charge is -2.07. The van der Waals surface area contributed by atoms with Crippen molar-refractivity contribution in [3.05, 3.63) is 57.6 Å². The van der Waals surface area contributed by atoms with Crippen molar-refractivity contribution in [1.29, 1.82) is 0 Å². The second kappa shape index (κ2) is 4.76. The fourth-order valence-corrected chi connectivity index (χ4v) is 1.99. The molecular formula is C12H4F4N4O2. The fraction of sp³-hybridized carbons (Fsp3) is 0. The maximum Gasteiger partial charge on any atom is 0.346 e. The van der Waals surface area contributed by atoms with Crippen molar-refractivity contribution < 1.29 is 22.5 Å². The monoisotopic (exact) mass is 312 g/mol. The molecule has 3 aromatic rings. The standard InChI is InChI=1S/C12H4F4N4O2/c13-7-9(15)12(20(21)22)10(16)8(14)11(7)19-6-4-2-1-3-5(6)17-18-19/h1-4H. The number of hydrogen-bond donors (Lipinski definition) is 0. The van der Waals surface area contributed by atoms with Gasteiger partial charge in [-0.3, -0.25) is 10.1 Å². The van der Waals surface area contributed by atoms with Crippen LogP contribution in [0.5, 0.6) is 0 Å². The van der Waals surface area contributed by atoms with E-state index >= 15 is 0 Å². The summed E-state index contributed by atoms with van der Waals surface area (Å²) in [4.78, 5) is 8.97. The molecule has 2 aromatic carbocycles. The van der Waals surface area contributed by atoms with Crippen LogP contribution in [0.3, 0.4) is 0 Å². The molecule has 0 atom stereocenters. The summed E-state index contributed by atoms with van der Waals surface area (Å²) in [7, 11) is 0. The summed E-state index contributed by atoms with van der Waals surface area (Å²) >= 11 is 0. The molecule has 10 heteroatoms. The lowest BCUT2D eigenvalue weighted by atomic mass is 10.2. The number of aromatic nitrogens is 3. The van der Waals surface area contributed by atoms with Crippen LogP contribution >= 0.6 is 0 Å². The number of benzene rings is 2. The van der Waals surface area contributed by atoms with Crippen LogP contribution in [0.25, 0.3) is 16.7 Å². The van der Waals surface area contributed by atoms with Gasteiger partial charge in [-0.1, -0.05) is 17.3 Å². The fourth-order valence-electron chi connectivity index (χ4n) is 1.99. The van der Waals surface area contributed by atoms with Crippen molar-refractivity contribution in [2.24, 2.45) is 0 Å². The van der Waals surface area contributed by atoms with Crippen molar-refractivity contribution in [2.75, 3.05) is 0 Å². The highest BCUT2D eigenvalue weighted by Crippen LogP contribution is 2.32. The number of rotatable bonds is 2. The van der Waals surface area contributed by atoms with E-state index in [2.05, 4.69) is 10.3 Å². The topological polar surface area (TPSA) is 73.8 Å². The van der Waals surface area contributed by atoms with E-state index in [9.17, 15) is 27.7 Å². The molecule has 3 rings (SSSR count). The lowest BCUT2D eigenvalue weighted by Crippen LogP contribution is -2.11. The molecule has 0 amide bonds. The molecule has 0 saturated heterocycles. The van der Waals surface area contributed by atoms with Crippen LogP contribution < -0.4 is 0 Å². The zero-order valence-corrected chi connectivity index (χ0v) is 10.4. The Morgan fingerprint density at radius 1 is 1.00 bits per heavy atom. The van der Waals surface area contributed by atoms with Gasteiger partial charge in [0, 0.05) is 0 Å². The van der Waals surface area contributed by atoms with Gasteiger partial charge >= 0.3 is 5.69 Å². The Morgan fingerprint density at radius 2 is 1.59 bits per heavy atom. The maximum atomic E-state index is 14.0. The molecule has 22 heavy (non-hydrogen) atoms. The summed E-state index contributed by atoms with van der Waals surface area (Å²) in [6.07, 6.45) is 0. The van der Waals surface area contributed by atoms with Crippen molar-refractivity contribution in [3.8, 4) is 5.69 Å². The van der Waals surface area contributed by atoms with Gasteiger partial charge in [-0.2, -0.15) is 8.78 Å². The average molecular weight is 312 g/mol. The molecule has 0 N–H and O–H groups in total. The highest BCUT2D eigenvalue weighted by Gasteiger charge is 2.34. The van der Waals surface area contributed by atoms with E-state index in [0.717, 1.165) is 0 Å². The predicted molar refractivity (Wildman–Crippen MR) is 65.4 cm³/mol. The predicted octanol–water partition coefficient (Wildman–Crippen LogP) is 2.89. The molecule has 1 aromatic heterocycles. The highest BCUT2D eigenvalue weighted by molar-refractivity contribution is 5.76. The lowest BCUT2D eigenvalue weighted by molar-refractivity contribution is -0.390. The normalized spacial score (nSPS) is 11.1. The summed E-state index contributed by atoms with van der Waals surface area (Å²) in [6, 6.07) is 5.90. The van der Waals surface area contributed by atoms with Crippen LogP contribution in [-0.4, -0.2) is 19.9 Å². The molecule has 0 aliphatic carbocycles. The third kappa shape index (κ3) is 1.80. The van der Waals surface area contributed by atoms with Crippen LogP contribution in [0.4, 0.5) is 23.2 Å². The largest absolute Gasteiger partial charge is 0.346 e. The van der Waals surface area contributed by atoms with E-state index in [4.69, 9.17) is 0 Å². The number of halogens is 4. The summed E-state index contributed by atoms with van der Waals surface area (Å²) < 4.78 is 55.8. The van der Waals surface area contributed by atoms with Crippen molar-refractivity contribution in [1.82, 2.24) is 15.0 Å². The molecule has 112 valence electrons. The SMILES string of the molecule is O=[N+]([O-])c1c(F)c(F)c(-n2nnc3ccccc32)c(F)c1F. The Morgan fingerprint density at radius 3 is 2.18 bits per heavy atom. The van der Waals surface area contributed by atoms with Gasteiger partial charge in [0.05, 0.1) is 10.4 Å². The minimum atomic E-state index is -2.11. The molecule has 6 nitrogen and oxygen atoms in total. The second-order valence-corrected chi connectivity index (χ2v) is 4.20. The number of fused-ring (bicyclic) bond motifs is 1. The third-order valence-electron chi connectivity index (χ3n) is 2.96. The first-order chi connectivity index (χ1) is 10.4. The van der Waals surface area contributed by atoms with Gasteiger partial charge in [0.25, 0.3) is 0 Å². The molecule has 0 unspecified atom stereocenters. The van der Waals surface area contributed by atoms with Crippen molar-refractivity contribution in [2.45, 2.75) is 0 Å². The minimum Gasteiger partial charge on any atom is -0.258 e. The van der Waals surface area contributed by atoms with E-state index < -0.39 is 39.6 Å². The smallest absolute Gasteiger partial charge is 0.258 e. The van der Waals surface area contributed by atoms with E-state index in [-0.39, 0.29) is 11.0 Å². The second-order valence-electron chi connectivity index (χ2n) is 4.20. The Bertz CT molecular complexity index is 896. The van der Waals surface area contributed by atoms with Crippen LogP contribution in [0.1, 0.15) is 0 Å². The molecule has 1 heterocycles. The van der Waals surface area contributed by atoms with Crippen molar-refractivity contribution in [3.63, 3.8) is 0 Å². The highest BCUT2D eigenvalue weighted by atomic mass is 19.2. The van der Waals surface area contributed by atoms with Gasteiger partial charge in [-0.25, -0.2) is 13.5 Å². The molecule has 0 bridgehead atoms. The molecule has 0 radical (unpaired) electrons. The minimum absolute atomic E-state index is 0.0768. The van der Waals surface area contributed by atoms with Gasteiger partial charge in [-0.15, -0.1) is 5.10 Å². The van der Waals surface area contributed by atoms with Gasteiger partial charge < -0.3 is 0 Å². The number of nitro benzene ring substituents is 1. The molecule has 0 aliphatic rings. The Balaban J connectivity index is 2.40. The Labute approximate surface area is 118 Å². The van der Waals surface area contributed by atoms with E-state index in [1.54, 1.807) is 6.07 Å². The zero-order chi connectivity index (χ0) is 16.0. The first-order valence-electron chi connectivity index (χ1n) is 5.74. The molecular weight excluding hydrogens is 308 g/mol. The number of hydrogen-bond acceptors (Lipinski definition) is 4.